The van der Waals surface area contributed by atoms with Gasteiger partial charge in [-0.3, -0.25) is 14.0 Å². The summed E-state index contributed by atoms with van der Waals surface area (Å²) in [6.07, 6.45) is 4.39. The molecule has 0 spiro atoms. The van der Waals surface area contributed by atoms with E-state index in [1.807, 2.05) is 60.7 Å². The van der Waals surface area contributed by atoms with Crippen molar-refractivity contribution in [2.24, 2.45) is 5.92 Å². The van der Waals surface area contributed by atoms with Crippen LogP contribution in [-0.4, -0.2) is 57.0 Å². The number of hydrogen-bond acceptors (Lipinski definition) is 6. The van der Waals surface area contributed by atoms with Crippen molar-refractivity contribution >= 4 is 28.5 Å². The molecule has 2 amide bonds. The van der Waals surface area contributed by atoms with Crippen LogP contribution in [0.4, 0.5) is 0 Å². The highest BCUT2D eigenvalue weighted by Crippen LogP contribution is 2.37. The number of nitrogens with one attached hydrogen (secondary N) is 3. The van der Waals surface area contributed by atoms with Crippen LogP contribution in [0.3, 0.4) is 0 Å². The number of amides is 2. The Balaban J connectivity index is 1.25. The van der Waals surface area contributed by atoms with Gasteiger partial charge < -0.3 is 25.3 Å². The number of imidazole rings is 1. The Morgan fingerprint density at radius 3 is 2.58 bits per heavy atom. The first kappa shape index (κ1) is 29.0. The predicted octanol–water partition coefficient (Wildman–Crippen LogP) is 5.05. The van der Waals surface area contributed by atoms with E-state index in [4.69, 9.17) is 14.7 Å². The van der Waals surface area contributed by atoms with Gasteiger partial charge in [-0.2, -0.15) is 0 Å². The third-order valence-electron chi connectivity index (χ3n) is 8.99. The first-order chi connectivity index (χ1) is 21.9. The number of carbonyl (C=O) groups excluding carboxylic acids is 2. The number of carbonyl (C=O) groups is 2. The van der Waals surface area contributed by atoms with Crippen molar-refractivity contribution in [3.05, 3.63) is 83.2 Å². The van der Waals surface area contributed by atoms with Crippen molar-refractivity contribution < 1.29 is 14.3 Å². The van der Waals surface area contributed by atoms with E-state index in [0.717, 1.165) is 66.3 Å². The Bertz CT molecular complexity index is 1880. The van der Waals surface area contributed by atoms with Crippen molar-refractivity contribution in [3.63, 3.8) is 0 Å². The molecule has 3 N–H and O–H groups in total. The summed E-state index contributed by atoms with van der Waals surface area (Å²) in [5.74, 6) is 0.900. The van der Waals surface area contributed by atoms with E-state index in [9.17, 15) is 9.59 Å². The van der Waals surface area contributed by atoms with Gasteiger partial charge in [-0.1, -0.05) is 18.2 Å². The highest BCUT2D eigenvalue weighted by molar-refractivity contribution is 5.96. The van der Waals surface area contributed by atoms with Crippen molar-refractivity contribution in [3.8, 4) is 17.3 Å². The molecule has 1 aromatic carbocycles. The number of piperidine rings is 1. The third kappa shape index (κ3) is 5.78. The average molecular weight is 606 g/mol. The van der Waals surface area contributed by atoms with Crippen LogP contribution in [0, 0.1) is 12.8 Å². The van der Waals surface area contributed by atoms with Gasteiger partial charge in [-0.05, 0) is 88.4 Å². The lowest BCUT2D eigenvalue weighted by atomic mass is 10.1. The summed E-state index contributed by atoms with van der Waals surface area (Å²) in [6, 6.07) is 18.9. The molecule has 1 saturated heterocycles. The lowest BCUT2D eigenvalue weighted by Crippen LogP contribution is -2.45. The van der Waals surface area contributed by atoms with Gasteiger partial charge in [0, 0.05) is 41.7 Å². The summed E-state index contributed by atoms with van der Waals surface area (Å²) in [5, 5.41) is 10.6. The molecule has 7 rings (SSSR count). The Kier molecular flexibility index (Phi) is 7.75. The van der Waals surface area contributed by atoms with Gasteiger partial charge in [0.2, 0.25) is 0 Å². The lowest BCUT2D eigenvalue weighted by Gasteiger charge is -2.23. The molecule has 2 aliphatic rings. The van der Waals surface area contributed by atoms with Crippen LogP contribution in [-0.2, 0) is 6.54 Å². The fraction of sp³-hybridized carbons (Fsp3) is 0.371. The first-order valence-electron chi connectivity index (χ1n) is 15.8. The maximum atomic E-state index is 13.3. The van der Waals surface area contributed by atoms with Crippen LogP contribution in [0.1, 0.15) is 70.8 Å². The fourth-order valence-corrected chi connectivity index (χ4v) is 6.31. The molecule has 1 aliphatic heterocycles. The molecular formula is C35H39N7O3. The van der Waals surface area contributed by atoms with E-state index < -0.39 is 0 Å². The second-order valence-corrected chi connectivity index (χ2v) is 12.3. The Hall–Kier alpha value is -4.70. The molecule has 2 atom stereocenters. The average Bonchev–Trinajstić information content (AvgIpc) is 3.74. The molecule has 45 heavy (non-hydrogen) atoms. The molecule has 0 unspecified atom stereocenters. The van der Waals surface area contributed by atoms with Crippen molar-refractivity contribution in [2.75, 3.05) is 20.2 Å². The molecule has 0 radical (unpaired) electrons. The SMILES string of the molecule is COc1cc(C(=O)N[C@@H]2CCCNC2)cc2nc(-c3cc4ccc([C@@H](C)NC(=O)c5ccccc5)nc4n3CC3CC3)c(C)n12. The third-order valence-corrected chi connectivity index (χ3v) is 8.99. The van der Waals surface area contributed by atoms with E-state index in [0.29, 0.717) is 28.6 Å². The second kappa shape index (κ2) is 12.0. The first-order valence-corrected chi connectivity index (χ1v) is 15.8. The Morgan fingerprint density at radius 1 is 1.02 bits per heavy atom. The molecule has 5 heterocycles. The maximum absolute atomic E-state index is 13.3. The van der Waals surface area contributed by atoms with Gasteiger partial charge in [0.05, 0.1) is 30.2 Å². The number of rotatable bonds is 9. The largest absolute Gasteiger partial charge is 0.482 e. The maximum Gasteiger partial charge on any atom is 0.251 e. The molecule has 5 aromatic rings. The number of fused-ring (bicyclic) bond motifs is 2. The number of benzene rings is 1. The summed E-state index contributed by atoms with van der Waals surface area (Å²) in [5.41, 5.74) is 6.20. The van der Waals surface area contributed by atoms with E-state index in [1.165, 1.54) is 12.8 Å². The zero-order valence-corrected chi connectivity index (χ0v) is 26.0. The molecule has 232 valence electrons. The topological polar surface area (TPSA) is 115 Å². The van der Waals surface area contributed by atoms with Crippen molar-refractivity contribution in [1.29, 1.82) is 0 Å². The lowest BCUT2D eigenvalue weighted by molar-refractivity contribution is 0.0925. The van der Waals surface area contributed by atoms with Gasteiger partial charge in [0.15, 0.2) is 5.88 Å². The minimum absolute atomic E-state index is 0.107. The minimum atomic E-state index is -0.273. The summed E-state index contributed by atoms with van der Waals surface area (Å²) in [7, 11) is 1.62. The summed E-state index contributed by atoms with van der Waals surface area (Å²) < 4.78 is 10.0. The van der Waals surface area contributed by atoms with Crippen LogP contribution >= 0.6 is 0 Å². The number of ether oxygens (including phenoxy) is 1. The van der Waals surface area contributed by atoms with Crippen molar-refractivity contribution in [1.82, 2.24) is 34.9 Å². The minimum Gasteiger partial charge on any atom is -0.482 e. The summed E-state index contributed by atoms with van der Waals surface area (Å²) in [6.45, 7) is 6.59. The quantitative estimate of drug-likeness (QED) is 0.217. The van der Waals surface area contributed by atoms with Crippen LogP contribution < -0.4 is 20.7 Å². The molecule has 1 aliphatic carbocycles. The fourth-order valence-electron chi connectivity index (χ4n) is 6.31. The molecular weight excluding hydrogens is 566 g/mol. The van der Waals surface area contributed by atoms with E-state index >= 15 is 0 Å². The number of pyridine rings is 2. The van der Waals surface area contributed by atoms with E-state index in [2.05, 4.69) is 32.7 Å². The van der Waals surface area contributed by atoms with Gasteiger partial charge >= 0.3 is 0 Å². The second-order valence-electron chi connectivity index (χ2n) is 12.3. The van der Waals surface area contributed by atoms with Crippen LogP contribution in [0.2, 0.25) is 0 Å². The number of aryl methyl sites for hydroxylation is 1. The van der Waals surface area contributed by atoms with Crippen molar-refractivity contribution in [2.45, 2.75) is 58.2 Å². The van der Waals surface area contributed by atoms with E-state index in [-0.39, 0.29) is 23.9 Å². The molecule has 0 bridgehead atoms. The van der Waals surface area contributed by atoms with Crippen LogP contribution in [0.5, 0.6) is 5.88 Å². The molecule has 10 heteroatoms. The highest BCUT2D eigenvalue weighted by Gasteiger charge is 2.27. The number of nitrogens with zero attached hydrogens (tertiary/aromatic N) is 4. The smallest absolute Gasteiger partial charge is 0.251 e. The van der Waals surface area contributed by atoms with E-state index in [1.54, 1.807) is 13.2 Å². The highest BCUT2D eigenvalue weighted by atomic mass is 16.5. The molecule has 10 nitrogen and oxygen atoms in total. The van der Waals surface area contributed by atoms with Crippen LogP contribution in [0.25, 0.3) is 28.1 Å². The number of aromatic nitrogens is 4. The van der Waals surface area contributed by atoms with Gasteiger partial charge in [-0.25, -0.2) is 9.97 Å². The molecule has 1 saturated carbocycles. The number of methoxy groups -OCH3 is 1. The summed E-state index contributed by atoms with van der Waals surface area (Å²) >= 11 is 0. The standard InChI is InChI=1S/C35H39N7O3/c1-21(37-34(43)24-8-5-4-6-9-24)28-14-13-25-16-29(41(33(25)39-28)20-23-11-12-23)32-22(2)42-30(40-32)17-26(18-31(42)45-3)35(44)38-27-10-7-15-36-19-27/h4-6,8-9,13-14,16-18,21,23,27,36H,7,10-12,15,19-20H2,1-3H3,(H,37,43)(H,38,44)/t21-,27-/m1/s1. The Labute approximate surface area is 262 Å². The predicted molar refractivity (Wildman–Crippen MR) is 174 cm³/mol. The number of hydrogen-bond donors (Lipinski definition) is 3. The summed E-state index contributed by atoms with van der Waals surface area (Å²) in [4.78, 5) is 36.3. The van der Waals surface area contributed by atoms with Gasteiger partial charge in [-0.15, -0.1) is 0 Å². The van der Waals surface area contributed by atoms with Crippen LogP contribution in [0.15, 0.2) is 60.7 Å². The molecule has 2 fully saturated rings. The Morgan fingerprint density at radius 2 is 1.84 bits per heavy atom. The zero-order chi connectivity index (χ0) is 31.1. The molecule has 4 aromatic heterocycles. The van der Waals surface area contributed by atoms with Gasteiger partial charge in [0.25, 0.3) is 11.8 Å². The zero-order valence-electron chi connectivity index (χ0n) is 26.0. The normalized spacial score (nSPS) is 17.4. The van der Waals surface area contributed by atoms with Gasteiger partial charge in [0.1, 0.15) is 17.0 Å². The monoisotopic (exact) mass is 605 g/mol.